The third kappa shape index (κ3) is 6.84. The number of carbonyl (C=O) groups is 2. The fourth-order valence-corrected chi connectivity index (χ4v) is 6.52. The van der Waals surface area contributed by atoms with Crippen LogP contribution in [0.5, 0.6) is 11.5 Å². The molecule has 1 fully saturated rings. The Morgan fingerprint density at radius 3 is 2.42 bits per heavy atom. The fourth-order valence-electron chi connectivity index (χ4n) is 6.52. The van der Waals surface area contributed by atoms with Gasteiger partial charge in [-0.3, -0.25) is 23.9 Å². The minimum absolute atomic E-state index is 0.00470. The molecule has 1 amide bonds. The van der Waals surface area contributed by atoms with Gasteiger partial charge in [0.1, 0.15) is 35.3 Å². The second-order valence-corrected chi connectivity index (χ2v) is 12.6. The lowest BCUT2D eigenvalue weighted by Gasteiger charge is -2.34. The number of carbonyl (C=O) groups excluding carboxylic acids is 1. The highest BCUT2D eigenvalue weighted by Gasteiger charge is 2.38. The molecule has 1 aromatic heterocycles. The number of pyridine rings is 1. The zero-order chi connectivity index (χ0) is 36.1. The molecular formula is C36H31F6N3O5. The Morgan fingerprint density at radius 1 is 1.00 bits per heavy atom. The first-order valence-electron chi connectivity index (χ1n) is 15.7. The number of alkyl halides is 4. The van der Waals surface area contributed by atoms with Gasteiger partial charge in [-0.25, -0.2) is 13.2 Å². The Morgan fingerprint density at radius 2 is 1.74 bits per heavy atom. The number of hydrogen-bond donors (Lipinski definition) is 2. The Hall–Kier alpha value is -5.11. The minimum atomic E-state index is -4.98. The highest BCUT2D eigenvalue weighted by atomic mass is 19.4. The van der Waals surface area contributed by atoms with Gasteiger partial charge in [-0.15, -0.1) is 0 Å². The monoisotopic (exact) mass is 699 g/mol. The molecule has 262 valence electrons. The van der Waals surface area contributed by atoms with Crippen LogP contribution in [0.3, 0.4) is 0 Å². The first kappa shape index (κ1) is 34.7. The first-order chi connectivity index (χ1) is 23.6. The van der Waals surface area contributed by atoms with Gasteiger partial charge in [-0.2, -0.15) is 13.2 Å². The van der Waals surface area contributed by atoms with E-state index >= 15 is 8.78 Å². The molecule has 0 radical (unpaired) electrons. The van der Waals surface area contributed by atoms with Crippen LogP contribution in [-0.2, 0) is 22.2 Å². The molecule has 2 N–H and O–H groups in total. The van der Waals surface area contributed by atoms with E-state index in [1.165, 1.54) is 25.1 Å². The molecule has 1 saturated heterocycles. The van der Waals surface area contributed by atoms with Crippen molar-refractivity contribution >= 4 is 11.9 Å². The molecule has 50 heavy (non-hydrogen) atoms. The van der Waals surface area contributed by atoms with Crippen LogP contribution in [-0.4, -0.2) is 52.3 Å². The van der Waals surface area contributed by atoms with E-state index < -0.39 is 76.6 Å². The molecule has 2 atom stereocenters. The van der Waals surface area contributed by atoms with Gasteiger partial charge in [0.2, 0.25) is 5.91 Å². The molecule has 3 aromatic carbocycles. The summed E-state index contributed by atoms with van der Waals surface area (Å²) in [6.45, 7) is 3.28. The molecule has 8 nitrogen and oxygen atoms in total. The fraction of sp³-hybridized carbons (Fsp3) is 0.306. The number of aryl methyl sites for hydroxylation is 2. The van der Waals surface area contributed by atoms with Gasteiger partial charge in [-0.05, 0) is 78.9 Å². The summed E-state index contributed by atoms with van der Waals surface area (Å²) in [5.41, 5.74) is -1.98. The van der Waals surface area contributed by atoms with Crippen molar-refractivity contribution in [1.29, 1.82) is 0 Å². The Bertz CT molecular complexity index is 2060. The standard InChI is InChI=1S/C36H31F6N3O5/c1-18-4-3-5-29-32(18)21-10-19(2)33(39)25(11-21)28(14-31(47)48)43-35(49)34(24-12-23(50-29)6-7-27(24)38)45-15-20(8-9-44-16-22(37)17-44)26(13-30(45)46)36(40,41)42/h3-7,10-13,15,22,28,34H,8-9,14,16-17H2,1-2H3,(H,43,49)(H,47,48)/t28-,34-/m0/s1. The molecule has 4 aromatic rings. The minimum Gasteiger partial charge on any atom is -0.481 e. The number of rotatable bonds is 6. The van der Waals surface area contributed by atoms with Crippen molar-refractivity contribution in [2.45, 2.75) is 51.1 Å². The highest BCUT2D eigenvalue weighted by Crippen LogP contribution is 2.40. The number of ether oxygens (including phenoxy) is 1. The Labute approximate surface area is 281 Å². The number of nitrogens with zero attached hydrogens (tertiary/aromatic N) is 2. The van der Waals surface area contributed by atoms with E-state index in [1.807, 2.05) is 0 Å². The van der Waals surface area contributed by atoms with Crippen molar-refractivity contribution in [3.63, 3.8) is 0 Å². The second-order valence-electron chi connectivity index (χ2n) is 12.6. The molecule has 0 aliphatic carbocycles. The van der Waals surface area contributed by atoms with Gasteiger partial charge >= 0.3 is 12.1 Å². The number of likely N-dealkylation sites (tertiary alicyclic amines) is 1. The maximum Gasteiger partial charge on any atom is 0.416 e. The molecule has 6 rings (SSSR count). The van der Waals surface area contributed by atoms with Gasteiger partial charge in [0.05, 0.1) is 18.0 Å². The lowest BCUT2D eigenvalue weighted by atomic mass is 9.92. The third-order valence-electron chi connectivity index (χ3n) is 8.97. The number of carboxylic acids is 1. The number of hydrogen-bond acceptors (Lipinski definition) is 5. The molecule has 14 heteroatoms. The quantitative estimate of drug-likeness (QED) is 0.219. The summed E-state index contributed by atoms with van der Waals surface area (Å²) in [5.74, 6) is -4.23. The van der Waals surface area contributed by atoms with Crippen LogP contribution in [0.15, 0.2) is 65.6 Å². The van der Waals surface area contributed by atoms with Crippen molar-refractivity contribution in [2.24, 2.45) is 0 Å². The van der Waals surface area contributed by atoms with Crippen molar-refractivity contribution in [3.8, 4) is 22.6 Å². The molecule has 0 saturated carbocycles. The van der Waals surface area contributed by atoms with Crippen LogP contribution >= 0.6 is 0 Å². The van der Waals surface area contributed by atoms with Crippen molar-refractivity contribution in [2.75, 3.05) is 19.6 Å². The molecule has 3 heterocycles. The maximum atomic E-state index is 15.9. The van der Waals surface area contributed by atoms with Crippen LogP contribution in [0.2, 0.25) is 0 Å². The summed E-state index contributed by atoms with van der Waals surface area (Å²) in [7, 11) is 0. The van der Waals surface area contributed by atoms with E-state index in [2.05, 4.69) is 5.32 Å². The average Bonchev–Trinajstić information content (AvgIpc) is 3.02. The lowest BCUT2D eigenvalue weighted by Crippen LogP contribution is -2.49. The smallest absolute Gasteiger partial charge is 0.416 e. The van der Waals surface area contributed by atoms with E-state index in [4.69, 9.17) is 4.74 Å². The summed E-state index contributed by atoms with van der Waals surface area (Å²) in [6.07, 6.45) is -6.41. The van der Waals surface area contributed by atoms with Crippen molar-refractivity contribution < 1.29 is 45.8 Å². The predicted octanol–water partition coefficient (Wildman–Crippen LogP) is 6.65. The number of fused-ring (bicyclic) bond motifs is 6. The zero-order valence-corrected chi connectivity index (χ0v) is 26.8. The second kappa shape index (κ2) is 13.3. The lowest BCUT2D eigenvalue weighted by molar-refractivity contribution is -0.139. The molecule has 4 bridgehead atoms. The summed E-state index contributed by atoms with van der Waals surface area (Å²) in [5, 5.41) is 12.3. The Kier molecular flexibility index (Phi) is 9.25. The topological polar surface area (TPSA) is 101 Å². The number of carboxylic acid groups (broad SMARTS) is 1. The third-order valence-corrected chi connectivity index (χ3v) is 8.97. The predicted molar refractivity (Wildman–Crippen MR) is 170 cm³/mol. The van der Waals surface area contributed by atoms with Crippen LogP contribution in [0.1, 0.15) is 51.9 Å². The van der Waals surface area contributed by atoms with Gasteiger partial charge in [0.25, 0.3) is 5.56 Å². The van der Waals surface area contributed by atoms with E-state index in [0.717, 1.165) is 18.3 Å². The maximum absolute atomic E-state index is 15.9. The van der Waals surface area contributed by atoms with E-state index in [-0.39, 0.29) is 48.7 Å². The molecule has 2 aliphatic rings. The number of amides is 1. The molecule has 0 unspecified atom stereocenters. The summed E-state index contributed by atoms with van der Waals surface area (Å²) < 4.78 is 94.4. The van der Waals surface area contributed by atoms with Crippen LogP contribution in [0.4, 0.5) is 26.3 Å². The van der Waals surface area contributed by atoms with Gasteiger partial charge in [-0.1, -0.05) is 12.1 Å². The largest absolute Gasteiger partial charge is 0.481 e. The summed E-state index contributed by atoms with van der Waals surface area (Å²) in [6, 6.07) is 8.05. The molecule has 2 aliphatic heterocycles. The van der Waals surface area contributed by atoms with E-state index in [1.54, 1.807) is 30.0 Å². The average molecular weight is 700 g/mol. The number of nitrogens with one attached hydrogen (secondary N) is 1. The molecule has 0 spiro atoms. The number of aromatic nitrogens is 1. The van der Waals surface area contributed by atoms with Gasteiger partial charge in [0, 0.05) is 48.6 Å². The number of halogens is 6. The first-order valence-corrected chi connectivity index (χ1v) is 15.7. The van der Waals surface area contributed by atoms with E-state index in [9.17, 15) is 37.1 Å². The van der Waals surface area contributed by atoms with Crippen molar-refractivity contribution in [3.05, 3.63) is 116 Å². The van der Waals surface area contributed by atoms with Crippen LogP contribution in [0.25, 0.3) is 11.1 Å². The van der Waals surface area contributed by atoms with Crippen molar-refractivity contribution in [1.82, 2.24) is 14.8 Å². The van der Waals surface area contributed by atoms with Gasteiger partial charge < -0.3 is 15.2 Å². The highest BCUT2D eigenvalue weighted by molar-refractivity contribution is 5.85. The summed E-state index contributed by atoms with van der Waals surface area (Å²) >= 11 is 0. The van der Waals surface area contributed by atoms with E-state index in [0.29, 0.717) is 27.3 Å². The normalized spacial score (nSPS) is 18.1. The van der Waals surface area contributed by atoms with Gasteiger partial charge in [0.15, 0.2) is 0 Å². The SMILES string of the molecule is Cc1cc2cc(c1F)[C@H](CC(=O)O)NC(=O)[C@@H](n1cc(CCN3CC(F)C3)c(C(F)(F)F)cc1=O)c1cc(ccc1F)Oc1cccc(C)c1-2. The van der Waals surface area contributed by atoms with Crippen LogP contribution < -0.4 is 15.6 Å². The number of aliphatic carboxylic acids is 1. The number of benzene rings is 3. The zero-order valence-electron chi connectivity index (χ0n) is 26.8. The Balaban J connectivity index is 1.58. The van der Waals surface area contributed by atoms with Crippen LogP contribution in [0, 0.1) is 25.5 Å². The summed E-state index contributed by atoms with van der Waals surface area (Å²) in [4.78, 5) is 41.4. The molecular weight excluding hydrogens is 668 g/mol.